The maximum Gasteiger partial charge on any atom is 0.142 e. The Morgan fingerprint density at radius 1 is 1.06 bits per heavy atom. The van der Waals surface area contributed by atoms with Crippen LogP contribution >= 0.6 is 11.8 Å². The van der Waals surface area contributed by atoms with Gasteiger partial charge in [0.15, 0.2) is 0 Å². The highest BCUT2D eigenvalue weighted by atomic mass is 32.2. The molecule has 0 aromatic carbocycles. The first kappa shape index (κ1) is 15.1. The van der Waals surface area contributed by atoms with Crippen molar-refractivity contribution in [3.63, 3.8) is 0 Å². The molecule has 0 aromatic rings. The van der Waals surface area contributed by atoms with Gasteiger partial charge in [0.25, 0.3) is 0 Å². The van der Waals surface area contributed by atoms with Crippen molar-refractivity contribution in [2.24, 2.45) is 0 Å². The minimum atomic E-state index is 0.484. The fourth-order valence-electron chi connectivity index (χ4n) is 2.44. The molecule has 0 atom stereocenters. The SMILES string of the molecule is CCCCCCCCC(=O)CSC1CCCC1. The molecule has 0 radical (unpaired) electrons. The van der Waals surface area contributed by atoms with Gasteiger partial charge in [-0.1, -0.05) is 51.9 Å². The Morgan fingerprint density at radius 3 is 2.41 bits per heavy atom. The van der Waals surface area contributed by atoms with Gasteiger partial charge in [-0.3, -0.25) is 4.79 Å². The zero-order valence-electron chi connectivity index (χ0n) is 11.4. The summed E-state index contributed by atoms with van der Waals surface area (Å²) in [4.78, 5) is 11.7. The van der Waals surface area contributed by atoms with Crippen molar-refractivity contribution in [3.05, 3.63) is 0 Å². The molecule has 1 aliphatic rings. The van der Waals surface area contributed by atoms with Gasteiger partial charge in [-0.15, -0.1) is 0 Å². The van der Waals surface area contributed by atoms with Crippen LogP contribution in [0.2, 0.25) is 0 Å². The average Bonchev–Trinajstić information content (AvgIpc) is 2.84. The molecule has 100 valence electrons. The maximum absolute atomic E-state index is 11.7. The third-order valence-corrected chi connectivity index (χ3v) is 5.02. The van der Waals surface area contributed by atoms with E-state index in [1.165, 1.54) is 57.8 Å². The minimum absolute atomic E-state index is 0.484. The zero-order valence-corrected chi connectivity index (χ0v) is 12.2. The second kappa shape index (κ2) is 9.99. The largest absolute Gasteiger partial charge is 0.299 e. The van der Waals surface area contributed by atoms with Crippen molar-refractivity contribution in [2.45, 2.75) is 82.8 Å². The van der Waals surface area contributed by atoms with Crippen LogP contribution in [0.5, 0.6) is 0 Å². The van der Waals surface area contributed by atoms with Crippen LogP contribution in [-0.2, 0) is 4.79 Å². The molecule has 1 rings (SSSR count). The number of hydrogen-bond acceptors (Lipinski definition) is 2. The Balaban J connectivity index is 1.87. The average molecular weight is 256 g/mol. The predicted molar refractivity (Wildman–Crippen MR) is 77.7 cm³/mol. The quantitative estimate of drug-likeness (QED) is 0.513. The summed E-state index contributed by atoms with van der Waals surface area (Å²) in [5.74, 6) is 1.26. The number of ketones is 1. The third kappa shape index (κ3) is 7.86. The Kier molecular flexibility index (Phi) is 8.86. The zero-order chi connectivity index (χ0) is 12.3. The van der Waals surface area contributed by atoms with Crippen LogP contribution in [0.1, 0.15) is 77.6 Å². The van der Waals surface area contributed by atoms with E-state index >= 15 is 0 Å². The molecule has 0 aromatic heterocycles. The molecule has 0 spiro atoms. The van der Waals surface area contributed by atoms with Crippen molar-refractivity contribution in [1.82, 2.24) is 0 Å². The lowest BCUT2D eigenvalue weighted by molar-refractivity contribution is -0.116. The Bertz CT molecular complexity index is 197. The Labute approximate surface area is 111 Å². The first-order valence-corrected chi connectivity index (χ1v) is 8.51. The van der Waals surface area contributed by atoms with Crippen molar-refractivity contribution >= 4 is 17.5 Å². The minimum Gasteiger partial charge on any atom is -0.299 e. The summed E-state index contributed by atoms with van der Waals surface area (Å²) in [6, 6.07) is 0. The van der Waals surface area contributed by atoms with E-state index in [4.69, 9.17) is 0 Å². The fourth-order valence-corrected chi connectivity index (χ4v) is 3.67. The molecule has 0 bridgehead atoms. The second-order valence-electron chi connectivity index (χ2n) is 5.27. The summed E-state index contributed by atoms with van der Waals surface area (Å²) in [6.45, 7) is 2.24. The summed E-state index contributed by atoms with van der Waals surface area (Å²) in [5.41, 5.74) is 0. The van der Waals surface area contributed by atoms with E-state index in [9.17, 15) is 4.79 Å². The van der Waals surface area contributed by atoms with Crippen molar-refractivity contribution in [2.75, 3.05) is 5.75 Å². The van der Waals surface area contributed by atoms with Gasteiger partial charge in [0.1, 0.15) is 5.78 Å². The van der Waals surface area contributed by atoms with Crippen LogP contribution in [0, 0.1) is 0 Å². The van der Waals surface area contributed by atoms with Crippen LogP contribution in [-0.4, -0.2) is 16.8 Å². The lowest BCUT2D eigenvalue weighted by atomic mass is 10.1. The van der Waals surface area contributed by atoms with Crippen LogP contribution in [0.3, 0.4) is 0 Å². The molecule has 1 saturated carbocycles. The molecule has 0 saturated heterocycles. The van der Waals surface area contributed by atoms with Crippen LogP contribution in [0.15, 0.2) is 0 Å². The summed E-state index contributed by atoms with van der Waals surface area (Å²) in [5, 5.41) is 0.795. The van der Waals surface area contributed by atoms with Gasteiger partial charge in [-0.25, -0.2) is 0 Å². The number of unbranched alkanes of at least 4 members (excludes halogenated alkanes) is 5. The molecule has 2 heteroatoms. The number of Topliss-reactive ketones (excluding diaryl/α,β-unsaturated/α-hetero) is 1. The molecule has 0 heterocycles. The normalized spacial score (nSPS) is 16.5. The predicted octanol–water partition coefficient (Wildman–Crippen LogP) is 4.98. The fraction of sp³-hybridized carbons (Fsp3) is 0.933. The Morgan fingerprint density at radius 2 is 1.71 bits per heavy atom. The highest BCUT2D eigenvalue weighted by Gasteiger charge is 2.16. The van der Waals surface area contributed by atoms with Gasteiger partial charge < -0.3 is 0 Å². The van der Waals surface area contributed by atoms with Gasteiger partial charge in [0.2, 0.25) is 0 Å². The standard InChI is InChI=1S/C15H28OS/c1-2-3-4-5-6-7-10-14(16)13-17-15-11-8-9-12-15/h15H,2-13H2,1H3. The van der Waals surface area contributed by atoms with Crippen molar-refractivity contribution in [1.29, 1.82) is 0 Å². The Hall–Kier alpha value is 0.0200. The maximum atomic E-state index is 11.7. The molecule has 1 fully saturated rings. The monoisotopic (exact) mass is 256 g/mol. The molecule has 0 amide bonds. The molecule has 0 unspecified atom stereocenters. The van der Waals surface area contributed by atoms with Gasteiger partial charge in [0, 0.05) is 11.7 Å². The first-order valence-electron chi connectivity index (χ1n) is 7.46. The van der Waals surface area contributed by atoms with E-state index in [1.54, 1.807) is 0 Å². The lowest BCUT2D eigenvalue weighted by Crippen LogP contribution is -2.05. The number of thioether (sulfide) groups is 1. The topological polar surface area (TPSA) is 17.1 Å². The molecular weight excluding hydrogens is 228 g/mol. The van der Waals surface area contributed by atoms with Crippen molar-refractivity contribution < 1.29 is 4.79 Å². The van der Waals surface area contributed by atoms with E-state index in [0.717, 1.165) is 23.8 Å². The lowest BCUT2D eigenvalue weighted by Gasteiger charge is -2.07. The third-order valence-electron chi connectivity index (χ3n) is 3.59. The van der Waals surface area contributed by atoms with Crippen molar-refractivity contribution in [3.8, 4) is 0 Å². The van der Waals surface area contributed by atoms with E-state index in [1.807, 2.05) is 11.8 Å². The van der Waals surface area contributed by atoms with Gasteiger partial charge in [0.05, 0.1) is 5.75 Å². The van der Waals surface area contributed by atoms with Gasteiger partial charge in [-0.2, -0.15) is 11.8 Å². The summed E-state index contributed by atoms with van der Waals surface area (Å²) < 4.78 is 0. The highest BCUT2D eigenvalue weighted by Crippen LogP contribution is 2.29. The first-order chi connectivity index (χ1) is 8.33. The second-order valence-corrected chi connectivity index (χ2v) is 6.56. The van der Waals surface area contributed by atoms with E-state index in [0.29, 0.717) is 5.78 Å². The molecule has 0 aliphatic heterocycles. The molecule has 0 N–H and O–H groups in total. The summed E-state index contributed by atoms with van der Waals surface area (Å²) >= 11 is 1.91. The van der Waals surface area contributed by atoms with E-state index < -0.39 is 0 Å². The van der Waals surface area contributed by atoms with Crippen LogP contribution < -0.4 is 0 Å². The molecule has 1 aliphatic carbocycles. The molecule has 1 nitrogen and oxygen atoms in total. The number of carbonyl (C=O) groups is 1. The molecule has 17 heavy (non-hydrogen) atoms. The summed E-state index contributed by atoms with van der Waals surface area (Å²) in [7, 11) is 0. The highest BCUT2D eigenvalue weighted by molar-refractivity contribution is 8.00. The smallest absolute Gasteiger partial charge is 0.142 e. The van der Waals surface area contributed by atoms with Gasteiger partial charge >= 0.3 is 0 Å². The van der Waals surface area contributed by atoms with Crippen LogP contribution in [0.4, 0.5) is 0 Å². The van der Waals surface area contributed by atoms with E-state index in [2.05, 4.69) is 6.92 Å². The number of hydrogen-bond donors (Lipinski definition) is 0. The number of carbonyl (C=O) groups excluding carboxylic acids is 1. The molecular formula is C15H28OS. The summed E-state index contributed by atoms with van der Waals surface area (Å²) in [6.07, 6.45) is 14.0. The van der Waals surface area contributed by atoms with Crippen LogP contribution in [0.25, 0.3) is 0 Å². The van der Waals surface area contributed by atoms with Gasteiger partial charge in [-0.05, 0) is 19.3 Å². The van der Waals surface area contributed by atoms with E-state index in [-0.39, 0.29) is 0 Å². The number of rotatable bonds is 10.